The van der Waals surface area contributed by atoms with Crippen LogP contribution >= 0.6 is 11.6 Å². The number of carbonyl (C=O) groups excluding carboxylic acids is 1. The fourth-order valence-corrected chi connectivity index (χ4v) is 3.76. The van der Waals surface area contributed by atoms with Gasteiger partial charge in [0, 0.05) is 36.0 Å². The van der Waals surface area contributed by atoms with Gasteiger partial charge in [-0.3, -0.25) is 4.79 Å². The van der Waals surface area contributed by atoms with Crippen molar-refractivity contribution in [2.45, 2.75) is 46.7 Å². The molecule has 0 unspecified atom stereocenters. The lowest BCUT2D eigenvalue weighted by Gasteiger charge is -2.31. The number of carbonyl (C=O) groups is 1. The van der Waals surface area contributed by atoms with Crippen LogP contribution < -0.4 is 0 Å². The Bertz CT molecular complexity index is 1110. The van der Waals surface area contributed by atoms with E-state index in [0.717, 1.165) is 23.8 Å². The summed E-state index contributed by atoms with van der Waals surface area (Å²) in [5, 5.41) is -0.118. The van der Waals surface area contributed by atoms with E-state index in [-0.39, 0.29) is 27.9 Å². The fraction of sp³-hybridized carbons (Fsp3) is 0.321. The summed E-state index contributed by atoms with van der Waals surface area (Å²) in [5.41, 5.74) is 0.892. The minimum absolute atomic E-state index is 0.118. The van der Waals surface area contributed by atoms with E-state index in [0.29, 0.717) is 18.7 Å². The Morgan fingerprint density at radius 3 is 2.17 bits per heavy atom. The molecule has 1 aromatic heterocycles. The molecule has 0 radical (unpaired) electrons. The number of amides is 1. The van der Waals surface area contributed by atoms with Gasteiger partial charge >= 0.3 is 6.18 Å². The maximum absolute atomic E-state index is 13.6. The molecule has 1 aromatic carbocycles. The topological polar surface area (TPSA) is 36.7 Å². The summed E-state index contributed by atoms with van der Waals surface area (Å²) in [6.07, 6.45) is 2.01. The molecule has 0 N–H and O–H groups in total. The number of alkyl halides is 3. The summed E-state index contributed by atoms with van der Waals surface area (Å²) in [7, 11) is 0. The number of rotatable bonds is 7. The van der Waals surface area contributed by atoms with Crippen LogP contribution in [0.3, 0.4) is 0 Å². The summed E-state index contributed by atoms with van der Waals surface area (Å²) in [6.45, 7) is 12.1. The van der Waals surface area contributed by atoms with Crippen molar-refractivity contribution in [2.75, 3.05) is 13.1 Å². The molecule has 2 heterocycles. The first-order valence-corrected chi connectivity index (χ1v) is 12.1. The van der Waals surface area contributed by atoms with Gasteiger partial charge in [-0.15, -0.1) is 0 Å². The van der Waals surface area contributed by atoms with E-state index in [9.17, 15) is 18.0 Å². The average molecular weight is 521 g/mol. The number of halogens is 4. The van der Waals surface area contributed by atoms with Crippen molar-refractivity contribution in [3.8, 4) is 0 Å². The molecule has 194 valence electrons. The Morgan fingerprint density at radius 1 is 1.11 bits per heavy atom. The quantitative estimate of drug-likeness (QED) is 0.274. The van der Waals surface area contributed by atoms with Gasteiger partial charge in [-0.2, -0.15) is 13.2 Å². The molecule has 8 heteroatoms. The lowest BCUT2D eigenvalue weighted by molar-refractivity contribution is -0.127. The highest BCUT2D eigenvalue weighted by molar-refractivity contribution is 6.31. The molecule has 0 spiro atoms. The standard InChI is InChI=1S/C21H24ClF3N2O2.C7H8/c1-5-8-26(9-6-2)20(28)14(3)19(22)27-12-17(16-7-10-29-13-16)11-18(15(27)4)21(23,24)25;1-7-5-3-2-4-6-7/h7,10-13H,4-6,8-9H2,1-3H3;2-6H,1H3/b19-14+;. The number of nitrogens with zero attached hydrogens (tertiary/aromatic N) is 2. The zero-order valence-corrected chi connectivity index (χ0v) is 21.8. The van der Waals surface area contributed by atoms with Crippen LogP contribution in [0.1, 0.15) is 44.7 Å². The van der Waals surface area contributed by atoms with Crippen LogP contribution in [-0.4, -0.2) is 35.0 Å². The average Bonchev–Trinajstić information content (AvgIpc) is 3.38. The van der Waals surface area contributed by atoms with Crippen molar-refractivity contribution in [2.24, 2.45) is 0 Å². The highest BCUT2D eigenvalue weighted by Gasteiger charge is 2.40. The Morgan fingerprint density at radius 2 is 1.72 bits per heavy atom. The Balaban J connectivity index is 0.000000558. The zero-order valence-electron chi connectivity index (χ0n) is 21.0. The number of furan rings is 1. The van der Waals surface area contributed by atoms with E-state index in [1.54, 1.807) is 11.0 Å². The molecule has 4 nitrogen and oxygen atoms in total. The number of hydrogen-bond donors (Lipinski definition) is 0. The largest absolute Gasteiger partial charge is 0.472 e. The van der Waals surface area contributed by atoms with Crippen LogP contribution in [0.2, 0.25) is 0 Å². The molecule has 0 aliphatic carbocycles. The second-order valence-corrected chi connectivity index (χ2v) is 8.69. The van der Waals surface area contributed by atoms with E-state index in [1.807, 2.05) is 32.0 Å². The molecule has 0 saturated heterocycles. The van der Waals surface area contributed by atoms with Crippen LogP contribution in [0, 0.1) is 6.92 Å². The normalized spacial score (nSPS) is 14.3. The maximum Gasteiger partial charge on any atom is 0.418 e. The molecule has 0 bridgehead atoms. The molecular weight excluding hydrogens is 489 g/mol. The van der Waals surface area contributed by atoms with Gasteiger partial charge in [-0.1, -0.05) is 67.9 Å². The van der Waals surface area contributed by atoms with Crippen molar-refractivity contribution >= 4 is 23.1 Å². The Labute approximate surface area is 216 Å². The van der Waals surface area contributed by atoms with E-state index < -0.39 is 11.7 Å². The highest BCUT2D eigenvalue weighted by Crippen LogP contribution is 2.41. The minimum Gasteiger partial charge on any atom is -0.472 e. The van der Waals surface area contributed by atoms with Crippen LogP contribution in [-0.2, 0) is 4.79 Å². The van der Waals surface area contributed by atoms with Gasteiger partial charge < -0.3 is 14.2 Å². The second kappa shape index (κ2) is 13.2. The molecule has 1 amide bonds. The van der Waals surface area contributed by atoms with Crippen LogP contribution in [0.25, 0.3) is 5.57 Å². The summed E-state index contributed by atoms with van der Waals surface area (Å²) in [4.78, 5) is 15.6. The SMILES string of the molecule is C=C1C(C(F)(F)F)=CC(c2ccoc2)=CN1/C(Cl)=C(\C)C(=O)N(CCC)CCC.Cc1ccccc1. The number of hydrogen-bond acceptors (Lipinski definition) is 3. The molecular formula is C28H32ClF3N2O2. The Hall–Kier alpha value is -3.19. The van der Waals surface area contributed by atoms with Crippen LogP contribution in [0.5, 0.6) is 0 Å². The van der Waals surface area contributed by atoms with Crippen molar-refractivity contribution < 1.29 is 22.4 Å². The second-order valence-electron chi connectivity index (χ2n) is 8.33. The van der Waals surface area contributed by atoms with Gasteiger partial charge in [-0.05, 0) is 38.8 Å². The summed E-state index contributed by atoms with van der Waals surface area (Å²) in [6, 6.07) is 11.8. The van der Waals surface area contributed by atoms with E-state index in [2.05, 4.69) is 25.6 Å². The first kappa shape index (κ1) is 29.0. The van der Waals surface area contributed by atoms with Gasteiger partial charge in [0.15, 0.2) is 0 Å². The van der Waals surface area contributed by atoms with Crippen molar-refractivity contribution in [3.63, 3.8) is 0 Å². The molecule has 1 aliphatic heterocycles. The van der Waals surface area contributed by atoms with Crippen LogP contribution in [0.4, 0.5) is 13.2 Å². The summed E-state index contributed by atoms with van der Waals surface area (Å²) < 4.78 is 45.8. The van der Waals surface area contributed by atoms with Crippen molar-refractivity contribution in [3.05, 3.63) is 101 Å². The molecule has 0 fully saturated rings. The Kier molecular flexibility index (Phi) is 10.7. The molecule has 0 atom stereocenters. The third-order valence-electron chi connectivity index (χ3n) is 5.39. The lowest BCUT2D eigenvalue weighted by Crippen LogP contribution is -2.34. The first-order valence-electron chi connectivity index (χ1n) is 11.7. The number of aryl methyl sites for hydroxylation is 1. The monoisotopic (exact) mass is 520 g/mol. The van der Waals surface area contributed by atoms with E-state index >= 15 is 0 Å². The summed E-state index contributed by atoms with van der Waals surface area (Å²) >= 11 is 6.42. The van der Waals surface area contributed by atoms with Gasteiger partial charge in [0.1, 0.15) is 5.16 Å². The third kappa shape index (κ3) is 7.65. The van der Waals surface area contributed by atoms with Crippen molar-refractivity contribution in [1.29, 1.82) is 0 Å². The predicted octanol–water partition coefficient (Wildman–Crippen LogP) is 8.05. The van der Waals surface area contributed by atoms with E-state index in [1.165, 1.54) is 31.2 Å². The first-order chi connectivity index (χ1) is 17.0. The van der Waals surface area contributed by atoms with Gasteiger partial charge in [0.05, 0.1) is 23.8 Å². The lowest BCUT2D eigenvalue weighted by atomic mass is 10.0. The smallest absolute Gasteiger partial charge is 0.418 e. The molecule has 36 heavy (non-hydrogen) atoms. The van der Waals surface area contributed by atoms with Crippen LogP contribution in [0.15, 0.2) is 94.2 Å². The van der Waals surface area contributed by atoms with E-state index in [4.69, 9.17) is 16.0 Å². The highest BCUT2D eigenvalue weighted by atomic mass is 35.5. The number of benzene rings is 1. The molecule has 3 rings (SSSR count). The fourth-order valence-electron chi connectivity index (χ4n) is 3.53. The third-order valence-corrected chi connectivity index (χ3v) is 5.85. The molecule has 2 aromatic rings. The van der Waals surface area contributed by atoms with Gasteiger partial charge in [0.25, 0.3) is 5.91 Å². The predicted molar refractivity (Wildman–Crippen MR) is 139 cm³/mol. The van der Waals surface area contributed by atoms with Gasteiger partial charge in [-0.25, -0.2) is 0 Å². The minimum atomic E-state index is -4.63. The van der Waals surface area contributed by atoms with Gasteiger partial charge in [0.2, 0.25) is 0 Å². The maximum atomic E-state index is 13.6. The molecule has 0 saturated carbocycles. The van der Waals surface area contributed by atoms with Crippen molar-refractivity contribution in [1.82, 2.24) is 9.80 Å². The molecule has 1 aliphatic rings. The zero-order chi connectivity index (χ0) is 26.9. The number of allylic oxidation sites excluding steroid dienone is 3. The summed E-state index contributed by atoms with van der Waals surface area (Å²) in [5.74, 6) is -0.312.